The van der Waals surface area contributed by atoms with Crippen LogP contribution in [0.25, 0.3) is 0 Å². The number of nitrogens with two attached hydrogens (primary N) is 1. The lowest BCUT2D eigenvalue weighted by atomic mass is 9.99. The van der Waals surface area contributed by atoms with E-state index < -0.39 is 0 Å². The van der Waals surface area contributed by atoms with Gasteiger partial charge < -0.3 is 20.5 Å². The molecule has 3 N–H and O–H groups in total. The Hall–Kier alpha value is -2.53. The van der Waals surface area contributed by atoms with Crippen LogP contribution in [0.2, 0.25) is 0 Å². The molecular formula is C22H30N2O3. The molecule has 0 saturated carbocycles. The van der Waals surface area contributed by atoms with Crippen molar-refractivity contribution in [3.05, 3.63) is 58.7 Å². The number of rotatable bonds is 9. The Labute approximate surface area is 161 Å². The van der Waals surface area contributed by atoms with Crippen LogP contribution in [0, 0.1) is 13.8 Å². The van der Waals surface area contributed by atoms with Gasteiger partial charge in [0.25, 0.3) is 0 Å². The lowest BCUT2D eigenvalue weighted by molar-refractivity contribution is -0.121. The van der Waals surface area contributed by atoms with Crippen LogP contribution in [-0.4, -0.2) is 26.2 Å². The number of aryl methyl sites for hydroxylation is 2. The molecule has 0 heterocycles. The van der Waals surface area contributed by atoms with Crippen molar-refractivity contribution < 1.29 is 14.3 Å². The van der Waals surface area contributed by atoms with Gasteiger partial charge in [-0.05, 0) is 54.7 Å². The van der Waals surface area contributed by atoms with Gasteiger partial charge in [0.15, 0.2) is 11.5 Å². The second kappa shape index (κ2) is 9.97. The SMILES string of the molecule is CCC(NC(=O)Cc1ccc(OCCN)c(OC)c1)c1ccc(C)c(C)c1. The normalized spacial score (nSPS) is 11.7. The van der Waals surface area contributed by atoms with Gasteiger partial charge in [-0.3, -0.25) is 4.79 Å². The zero-order valence-corrected chi connectivity index (χ0v) is 16.7. The summed E-state index contributed by atoms with van der Waals surface area (Å²) in [5.41, 5.74) is 9.97. The van der Waals surface area contributed by atoms with E-state index in [1.165, 1.54) is 11.1 Å². The average Bonchev–Trinajstić information content (AvgIpc) is 2.67. The van der Waals surface area contributed by atoms with E-state index in [4.69, 9.17) is 15.2 Å². The van der Waals surface area contributed by atoms with Crippen molar-refractivity contribution in [3.63, 3.8) is 0 Å². The highest BCUT2D eigenvalue weighted by molar-refractivity contribution is 5.79. The fraction of sp³-hybridized carbons (Fsp3) is 0.409. The maximum Gasteiger partial charge on any atom is 0.224 e. The van der Waals surface area contributed by atoms with Crippen molar-refractivity contribution in [1.29, 1.82) is 0 Å². The number of carbonyl (C=O) groups is 1. The van der Waals surface area contributed by atoms with Crippen LogP contribution in [0.3, 0.4) is 0 Å². The molecule has 1 atom stereocenters. The summed E-state index contributed by atoms with van der Waals surface area (Å²) in [6, 6.07) is 11.9. The van der Waals surface area contributed by atoms with Crippen LogP contribution in [-0.2, 0) is 11.2 Å². The molecule has 0 aliphatic heterocycles. The molecule has 146 valence electrons. The zero-order chi connectivity index (χ0) is 19.8. The predicted octanol–water partition coefficient (Wildman–Crippen LogP) is 3.46. The van der Waals surface area contributed by atoms with Crippen molar-refractivity contribution in [3.8, 4) is 11.5 Å². The van der Waals surface area contributed by atoms with Gasteiger partial charge in [0.1, 0.15) is 6.61 Å². The Kier molecular flexibility index (Phi) is 7.67. The Morgan fingerprint density at radius 3 is 2.52 bits per heavy atom. The summed E-state index contributed by atoms with van der Waals surface area (Å²) in [5.74, 6) is 1.22. The number of hydrogen-bond donors (Lipinski definition) is 2. The first kappa shape index (κ1) is 20.8. The maximum absolute atomic E-state index is 12.6. The maximum atomic E-state index is 12.6. The van der Waals surface area contributed by atoms with Crippen LogP contribution in [0.1, 0.15) is 41.6 Å². The smallest absolute Gasteiger partial charge is 0.224 e. The third-order valence-corrected chi connectivity index (χ3v) is 4.64. The first-order chi connectivity index (χ1) is 13.0. The van der Waals surface area contributed by atoms with Gasteiger partial charge in [-0.25, -0.2) is 0 Å². The van der Waals surface area contributed by atoms with Crippen LogP contribution in [0.5, 0.6) is 11.5 Å². The van der Waals surface area contributed by atoms with E-state index in [9.17, 15) is 4.79 Å². The summed E-state index contributed by atoms with van der Waals surface area (Å²) in [6.45, 7) is 7.11. The molecule has 2 aromatic carbocycles. The van der Waals surface area contributed by atoms with E-state index in [2.05, 4.69) is 44.3 Å². The molecule has 27 heavy (non-hydrogen) atoms. The number of benzene rings is 2. The summed E-state index contributed by atoms with van der Waals surface area (Å²) in [4.78, 5) is 12.6. The summed E-state index contributed by atoms with van der Waals surface area (Å²) in [7, 11) is 1.58. The van der Waals surface area contributed by atoms with Crippen LogP contribution < -0.4 is 20.5 Å². The fourth-order valence-electron chi connectivity index (χ4n) is 2.94. The predicted molar refractivity (Wildman–Crippen MR) is 108 cm³/mol. The number of ether oxygens (including phenoxy) is 2. The standard InChI is InChI=1S/C22H30N2O3/c1-5-19(18-8-6-15(2)16(3)12-18)24-22(25)14-17-7-9-20(27-11-10-23)21(13-17)26-4/h6-9,12-13,19H,5,10-11,14,23H2,1-4H3,(H,24,25). The fourth-order valence-corrected chi connectivity index (χ4v) is 2.94. The minimum Gasteiger partial charge on any atom is -0.493 e. The van der Waals surface area contributed by atoms with Gasteiger partial charge in [-0.1, -0.05) is 31.2 Å². The van der Waals surface area contributed by atoms with E-state index in [1.54, 1.807) is 7.11 Å². The zero-order valence-electron chi connectivity index (χ0n) is 16.7. The highest BCUT2D eigenvalue weighted by atomic mass is 16.5. The number of nitrogens with one attached hydrogen (secondary N) is 1. The molecule has 0 saturated heterocycles. The van der Waals surface area contributed by atoms with Crippen LogP contribution in [0.15, 0.2) is 36.4 Å². The van der Waals surface area contributed by atoms with E-state index in [0.717, 1.165) is 17.5 Å². The molecule has 0 radical (unpaired) electrons. The first-order valence-corrected chi connectivity index (χ1v) is 9.34. The Balaban J connectivity index is 2.06. The number of amides is 1. The third-order valence-electron chi connectivity index (χ3n) is 4.64. The molecule has 0 fully saturated rings. The molecule has 2 rings (SSSR count). The van der Waals surface area contributed by atoms with Crippen LogP contribution in [0.4, 0.5) is 0 Å². The van der Waals surface area contributed by atoms with Crippen LogP contribution >= 0.6 is 0 Å². The molecule has 1 amide bonds. The molecule has 0 aliphatic carbocycles. The summed E-state index contributed by atoms with van der Waals surface area (Å²) >= 11 is 0. The van der Waals surface area contributed by atoms with Gasteiger partial charge in [0.05, 0.1) is 19.6 Å². The Bertz CT molecular complexity index is 774. The molecule has 5 nitrogen and oxygen atoms in total. The minimum atomic E-state index is -0.0160. The molecule has 2 aromatic rings. The van der Waals surface area contributed by atoms with E-state index in [1.807, 2.05) is 18.2 Å². The molecule has 0 spiro atoms. The van der Waals surface area contributed by atoms with Gasteiger partial charge in [0.2, 0.25) is 5.91 Å². The number of hydrogen-bond acceptors (Lipinski definition) is 4. The van der Waals surface area contributed by atoms with Crippen molar-refractivity contribution in [2.24, 2.45) is 5.73 Å². The quantitative estimate of drug-likeness (QED) is 0.709. The monoisotopic (exact) mass is 370 g/mol. The third kappa shape index (κ3) is 5.73. The van der Waals surface area contributed by atoms with E-state index in [-0.39, 0.29) is 18.4 Å². The number of carbonyl (C=O) groups excluding carboxylic acids is 1. The highest BCUT2D eigenvalue weighted by Crippen LogP contribution is 2.28. The van der Waals surface area contributed by atoms with Crippen molar-refractivity contribution >= 4 is 5.91 Å². The second-order valence-corrected chi connectivity index (χ2v) is 6.67. The average molecular weight is 370 g/mol. The summed E-state index contributed by atoms with van der Waals surface area (Å²) < 4.78 is 10.9. The molecule has 0 aromatic heterocycles. The second-order valence-electron chi connectivity index (χ2n) is 6.67. The Morgan fingerprint density at radius 2 is 1.89 bits per heavy atom. The van der Waals surface area contributed by atoms with Gasteiger partial charge in [0, 0.05) is 6.54 Å². The van der Waals surface area contributed by atoms with E-state index >= 15 is 0 Å². The molecule has 5 heteroatoms. The van der Waals surface area contributed by atoms with Gasteiger partial charge in [-0.15, -0.1) is 0 Å². The highest BCUT2D eigenvalue weighted by Gasteiger charge is 2.15. The number of methoxy groups -OCH3 is 1. The largest absolute Gasteiger partial charge is 0.493 e. The van der Waals surface area contributed by atoms with Crippen molar-refractivity contribution in [2.75, 3.05) is 20.3 Å². The van der Waals surface area contributed by atoms with E-state index in [0.29, 0.717) is 24.7 Å². The first-order valence-electron chi connectivity index (χ1n) is 9.34. The molecule has 0 bridgehead atoms. The van der Waals surface area contributed by atoms with Gasteiger partial charge in [-0.2, -0.15) is 0 Å². The van der Waals surface area contributed by atoms with Crippen molar-refractivity contribution in [1.82, 2.24) is 5.32 Å². The van der Waals surface area contributed by atoms with Crippen molar-refractivity contribution in [2.45, 2.75) is 39.7 Å². The molecule has 1 unspecified atom stereocenters. The minimum absolute atomic E-state index is 0.00542. The topological polar surface area (TPSA) is 73.6 Å². The lowest BCUT2D eigenvalue weighted by Crippen LogP contribution is -2.29. The molecular weight excluding hydrogens is 340 g/mol. The Morgan fingerprint density at radius 1 is 1.11 bits per heavy atom. The van der Waals surface area contributed by atoms with Gasteiger partial charge >= 0.3 is 0 Å². The summed E-state index contributed by atoms with van der Waals surface area (Å²) in [5, 5.41) is 3.14. The summed E-state index contributed by atoms with van der Waals surface area (Å²) in [6.07, 6.45) is 1.12. The lowest BCUT2D eigenvalue weighted by Gasteiger charge is -2.19. The molecule has 0 aliphatic rings.